The number of pyridine rings is 1. The van der Waals surface area contributed by atoms with Gasteiger partial charge in [0.25, 0.3) is 5.56 Å². The van der Waals surface area contributed by atoms with Crippen molar-refractivity contribution < 1.29 is 14.2 Å². The number of ether oxygens (including phenoxy) is 3. The third-order valence-corrected chi connectivity index (χ3v) is 8.10. The number of benzene rings is 2. The molecule has 1 fully saturated rings. The van der Waals surface area contributed by atoms with Crippen molar-refractivity contribution in [2.24, 2.45) is 0 Å². The van der Waals surface area contributed by atoms with Gasteiger partial charge in [0.2, 0.25) is 5.95 Å². The molecule has 3 heterocycles. The van der Waals surface area contributed by atoms with E-state index >= 15 is 0 Å². The first kappa shape index (κ1) is 30.4. The van der Waals surface area contributed by atoms with Crippen molar-refractivity contribution in [3.8, 4) is 22.6 Å². The lowest BCUT2D eigenvalue weighted by molar-refractivity contribution is 0.0903. The fourth-order valence-corrected chi connectivity index (χ4v) is 5.70. The van der Waals surface area contributed by atoms with E-state index < -0.39 is 0 Å². The number of fused-ring (bicyclic) bond motifs is 1. The van der Waals surface area contributed by atoms with Crippen molar-refractivity contribution in [3.63, 3.8) is 0 Å². The molecule has 0 unspecified atom stereocenters. The molecule has 4 aromatic rings. The number of aryl methyl sites for hydroxylation is 2. The van der Waals surface area contributed by atoms with Crippen LogP contribution >= 0.6 is 23.2 Å². The molecule has 11 heteroatoms. The number of nitrogens with zero attached hydrogens (tertiary/aromatic N) is 3. The van der Waals surface area contributed by atoms with Gasteiger partial charge in [0.05, 0.1) is 29.8 Å². The van der Waals surface area contributed by atoms with Crippen molar-refractivity contribution in [2.75, 3.05) is 38.1 Å². The average Bonchev–Trinajstić information content (AvgIpc) is 3.02. The van der Waals surface area contributed by atoms with Gasteiger partial charge in [0.15, 0.2) is 0 Å². The lowest BCUT2D eigenvalue weighted by atomic mass is 10.0. The zero-order valence-corrected chi connectivity index (χ0v) is 25.6. The Hall–Kier alpha value is -4.05. The summed E-state index contributed by atoms with van der Waals surface area (Å²) in [6.07, 6.45) is 5.63. The highest BCUT2D eigenvalue weighted by atomic mass is 35.5. The Kier molecular flexibility index (Phi) is 9.55. The lowest BCUT2D eigenvalue weighted by Gasteiger charge is -2.23. The van der Waals surface area contributed by atoms with Gasteiger partial charge < -0.3 is 24.8 Å². The smallest absolute Gasteiger partial charge is 0.260 e. The third-order valence-electron chi connectivity index (χ3n) is 7.35. The SMILES string of the molecule is C=CC(=C)Nc1ccc(CCn2c(=O)c(-c3c(Cl)c(OC)cc(OC)c3Cl)cc3cnc(NC4CCOCC4)nc32)cc1. The molecule has 0 bridgehead atoms. The Morgan fingerprint density at radius 1 is 1.12 bits per heavy atom. The monoisotopic (exact) mass is 621 g/mol. The van der Waals surface area contributed by atoms with Crippen LogP contribution in [0.25, 0.3) is 22.2 Å². The van der Waals surface area contributed by atoms with Crippen LogP contribution in [0.1, 0.15) is 18.4 Å². The minimum atomic E-state index is -0.303. The molecule has 2 aromatic heterocycles. The Balaban J connectivity index is 1.59. The van der Waals surface area contributed by atoms with Crippen LogP contribution in [0, 0.1) is 0 Å². The van der Waals surface area contributed by atoms with Crippen LogP contribution in [0.15, 0.2) is 72.3 Å². The Morgan fingerprint density at radius 2 is 1.79 bits per heavy atom. The lowest BCUT2D eigenvalue weighted by Crippen LogP contribution is -2.29. The van der Waals surface area contributed by atoms with Crippen LogP contribution < -0.4 is 25.7 Å². The van der Waals surface area contributed by atoms with Crippen LogP contribution in [0.5, 0.6) is 11.5 Å². The number of anilines is 2. The van der Waals surface area contributed by atoms with Crippen LogP contribution in [0.2, 0.25) is 10.0 Å². The second-order valence-electron chi connectivity index (χ2n) is 10.1. The second-order valence-corrected chi connectivity index (χ2v) is 10.9. The third kappa shape index (κ3) is 6.64. The van der Waals surface area contributed by atoms with Gasteiger partial charge in [-0.15, -0.1) is 0 Å². The average molecular weight is 623 g/mol. The van der Waals surface area contributed by atoms with Crippen molar-refractivity contribution in [1.29, 1.82) is 0 Å². The molecule has 9 nitrogen and oxygen atoms in total. The molecule has 0 atom stereocenters. The van der Waals surface area contributed by atoms with Crippen LogP contribution in [0.4, 0.5) is 11.6 Å². The molecule has 5 rings (SSSR count). The van der Waals surface area contributed by atoms with E-state index in [0.29, 0.717) is 65.9 Å². The summed E-state index contributed by atoms with van der Waals surface area (Å²) in [6.45, 7) is 9.32. The fraction of sp³-hybridized carbons (Fsp3) is 0.281. The molecule has 43 heavy (non-hydrogen) atoms. The number of nitrogens with one attached hydrogen (secondary N) is 2. The molecule has 2 N–H and O–H groups in total. The normalized spacial score (nSPS) is 13.5. The number of aromatic nitrogens is 3. The van der Waals surface area contributed by atoms with Gasteiger partial charge in [-0.25, -0.2) is 4.98 Å². The largest absolute Gasteiger partial charge is 0.495 e. The molecule has 1 aliphatic heterocycles. The van der Waals surface area contributed by atoms with Gasteiger partial charge >= 0.3 is 0 Å². The minimum absolute atomic E-state index is 0.191. The molecule has 1 aliphatic rings. The van der Waals surface area contributed by atoms with Gasteiger partial charge in [-0.1, -0.05) is 48.5 Å². The Bertz CT molecular complexity index is 1690. The van der Waals surface area contributed by atoms with E-state index in [2.05, 4.69) is 28.8 Å². The van der Waals surface area contributed by atoms with Gasteiger partial charge in [-0.2, -0.15) is 4.98 Å². The van der Waals surface area contributed by atoms with Crippen molar-refractivity contribution in [1.82, 2.24) is 14.5 Å². The molecule has 0 aliphatic carbocycles. The van der Waals surface area contributed by atoms with Gasteiger partial charge in [-0.3, -0.25) is 9.36 Å². The van der Waals surface area contributed by atoms with Crippen LogP contribution in [-0.4, -0.2) is 48.0 Å². The number of hydrogen-bond donors (Lipinski definition) is 2. The van der Waals surface area contributed by atoms with E-state index in [-0.39, 0.29) is 27.2 Å². The first-order valence-corrected chi connectivity index (χ1v) is 14.6. The molecule has 1 saturated heterocycles. The first-order valence-electron chi connectivity index (χ1n) is 13.9. The Morgan fingerprint density at radius 3 is 2.42 bits per heavy atom. The van der Waals surface area contributed by atoms with Gasteiger partial charge in [0.1, 0.15) is 17.1 Å². The Labute approximate surface area is 260 Å². The van der Waals surface area contributed by atoms with E-state index in [1.165, 1.54) is 14.2 Å². The number of allylic oxidation sites excluding steroid dienone is 1. The molecule has 224 valence electrons. The molecular weight excluding hydrogens is 589 g/mol. The first-order chi connectivity index (χ1) is 20.8. The quantitative estimate of drug-likeness (QED) is 0.178. The minimum Gasteiger partial charge on any atom is -0.495 e. The fourth-order valence-electron chi connectivity index (χ4n) is 4.99. The molecule has 0 radical (unpaired) electrons. The van der Waals surface area contributed by atoms with E-state index in [1.807, 2.05) is 24.3 Å². The second kappa shape index (κ2) is 13.5. The molecule has 0 saturated carbocycles. The van der Waals surface area contributed by atoms with Crippen molar-refractivity contribution in [2.45, 2.75) is 31.8 Å². The van der Waals surface area contributed by atoms with E-state index in [1.54, 1.807) is 29.0 Å². The van der Waals surface area contributed by atoms with Crippen LogP contribution in [0.3, 0.4) is 0 Å². The zero-order valence-electron chi connectivity index (χ0n) is 24.1. The van der Waals surface area contributed by atoms with Gasteiger partial charge in [0, 0.05) is 60.4 Å². The molecule has 0 spiro atoms. The maximum atomic E-state index is 14.3. The predicted octanol–water partition coefficient (Wildman–Crippen LogP) is 6.73. The number of rotatable bonds is 11. The highest BCUT2D eigenvalue weighted by Crippen LogP contribution is 2.45. The number of halogens is 2. The molecule has 2 aromatic carbocycles. The maximum absolute atomic E-state index is 14.3. The number of methoxy groups -OCH3 is 2. The predicted molar refractivity (Wildman–Crippen MR) is 173 cm³/mol. The summed E-state index contributed by atoms with van der Waals surface area (Å²) in [4.78, 5) is 23.6. The molecular formula is C32H33Cl2N5O4. The standard InChI is InChI=1S/C32H33Cl2N5O4/c1-5-19(2)36-22-8-6-20(7-9-22)10-13-39-30-21(18-35-32(38-30)37-23-11-14-43-15-12-23)16-24(31(39)40)27-28(33)25(41-3)17-26(42-4)29(27)34/h5-9,16-18,23,36H,1-2,10-15H2,3-4H3,(H,35,37,38). The maximum Gasteiger partial charge on any atom is 0.260 e. The van der Waals surface area contributed by atoms with E-state index in [9.17, 15) is 4.79 Å². The summed E-state index contributed by atoms with van der Waals surface area (Å²) in [7, 11) is 2.98. The molecule has 0 amide bonds. The summed E-state index contributed by atoms with van der Waals surface area (Å²) in [5.41, 5.74) is 3.45. The highest BCUT2D eigenvalue weighted by Gasteiger charge is 2.24. The summed E-state index contributed by atoms with van der Waals surface area (Å²) < 4.78 is 18.0. The van der Waals surface area contributed by atoms with Crippen LogP contribution in [-0.2, 0) is 17.7 Å². The number of hydrogen-bond acceptors (Lipinski definition) is 8. The summed E-state index contributed by atoms with van der Waals surface area (Å²) in [6, 6.07) is 11.4. The summed E-state index contributed by atoms with van der Waals surface area (Å²) >= 11 is 13.5. The van der Waals surface area contributed by atoms with E-state index in [4.69, 9.17) is 42.4 Å². The van der Waals surface area contributed by atoms with Crippen molar-refractivity contribution in [3.05, 3.63) is 93.5 Å². The highest BCUT2D eigenvalue weighted by molar-refractivity contribution is 6.41. The zero-order chi connectivity index (χ0) is 30.5. The summed E-state index contributed by atoms with van der Waals surface area (Å²) in [5, 5.41) is 7.65. The summed E-state index contributed by atoms with van der Waals surface area (Å²) in [5.74, 6) is 1.13. The van der Waals surface area contributed by atoms with Crippen molar-refractivity contribution >= 4 is 45.9 Å². The topological polar surface area (TPSA) is 99.5 Å². The van der Waals surface area contributed by atoms with E-state index in [0.717, 1.165) is 24.1 Å². The van der Waals surface area contributed by atoms with Gasteiger partial charge in [-0.05, 0) is 49.1 Å².